The van der Waals surface area contributed by atoms with Gasteiger partial charge in [-0.05, 0) is 12.8 Å². The molecule has 5 heteroatoms. The van der Waals surface area contributed by atoms with E-state index in [1.165, 1.54) is 0 Å². The van der Waals surface area contributed by atoms with Gasteiger partial charge in [-0.3, -0.25) is 4.79 Å². The minimum absolute atomic E-state index is 0.0827. The van der Waals surface area contributed by atoms with Crippen molar-refractivity contribution in [1.82, 2.24) is 16.0 Å². The van der Waals surface area contributed by atoms with Crippen molar-refractivity contribution < 1.29 is 9.53 Å². The molecule has 0 aliphatic carbocycles. The number of piperazine rings is 1. The van der Waals surface area contributed by atoms with Gasteiger partial charge >= 0.3 is 0 Å². The Hall–Kier alpha value is -0.650. The summed E-state index contributed by atoms with van der Waals surface area (Å²) in [6.07, 6.45) is 2.08. The van der Waals surface area contributed by atoms with Gasteiger partial charge in [0.15, 0.2) is 0 Å². The fraction of sp³-hybridized carbons (Fsp3) is 0.900. The maximum atomic E-state index is 11.8. The first-order valence-electron chi connectivity index (χ1n) is 5.68. The number of hydrogen-bond donors (Lipinski definition) is 3. The van der Waals surface area contributed by atoms with Gasteiger partial charge in [0.2, 0.25) is 5.91 Å². The van der Waals surface area contributed by atoms with E-state index in [2.05, 4.69) is 16.0 Å². The van der Waals surface area contributed by atoms with E-state index in [0.29, 0.717) is 6.61 Å². The lowest BCUT2D eigenvalue weighted by molar-refractivity contribution is -0.125. The molecule has 2 aliphatic heterocycles. The molecule has 1 amide bonds. The van der Waals surface area contributed by atoms with Gasteiger partial charge in [0.05, 0.1) is 18.7 Å². The topological polar surface area (TPSA) is 62.4 Å². The Balaban J connectivity index is 1.74. The molecule has 0 aromatic heterocycles. The molecule has 2 unspecified atom stereocenters. The summed E-state index contributed by atoms with van der Waals surface area (Å²) in [5.41, 5.74) is 0. The number of carbonyl (C=O) groups is 1. The third-order valence-corrected chi connectivity index (χ3v) is 2.86. The van der Waals surface area contributed by atoms with E-state index in [-0.39, 0.29) is 18.0 Å². The SMILES string of the molecule is O=C(NC1CCCOC1)C1CNCCN1. The maximum Gasteiger partial charge on any atom is 0.238 e. The largest absolute Gasteiger partial charge is 0.379 e. The predicted octanol–water partition coefficient (Wildman–Crippen LogP) is -1.16. The van der Waals surface area contributed by atoms with Gasteiger partial charge in [-0.25, -0.2) is 0 Å². The molecule has 0 radical (unpaired) electrons. The molecule has 0 bridgehead atoms. The van der Waals surface area contributed by atoms with Crippen molar-refractivity contribution in [3.8, 4) is 0 Å². The molecule has 0 aromatic carbocycles. The van der Waals surface area contributed by atoms with Crippen LogP contribution in [0.25, 0.3) is 0 Å². The molecule has 15 heavy (non-hydrogen) atoms. The van der Waals surface area contributed by atoms with Crippen LogP contribution < -0.4 is 16.0 Å². The number of nitrogens with one attached hydrogen (secondary N) is 3. The molecular formula is C10H19N3O2. The Morgan fingerprint density at radius 2 is 2.33 bits per heavy atom. The first-order valence-corrected chi connectivity index (χ1v) is 5.68. The fourth-order valence-electron chi connectivity index (χ4n) is 2.00. The van der Waals surface area contributed by atoms with Crippen molar-refractivity contribution in [3.05, 3.63) is 0 Å². The van der Waals surface area contributed by atoms with Crippen LogP contribution in [0.2, 0.25) is 0 Å². The molecule has 2 saturated heterocycles. The van der Waals surface area contributed by atoms with Crippen molar-refractivity contribution in [2.75, 3.05) is 32.8 Å². The molecule has 2 aliphatic rings. The molecule has 5 nitrogen and oxygen atoms in total. The zero-order valence-electron chi connectivity index (χ0n) is 8.92. The van der Waals surface area contributed by atoms with E-state index in [4.69, 9.17) is 4.74 Å². The van der Waals surface area contributed by atoms with E-state index in [1.807, 2.05) is 0 Å². The number of rotatable bonds is 2. The molecule has 2 heterocycles. The third-order valence-electron chi connectivity index (χ3n) is 2.86. The highest BCUT2D eigenvalue weighted by atomic mass is 16.5. The van der Waals surface area contributed by atoms with Crippen LogP contribution in [0.15, 0.2) is 0 Å². The third kappa shape index (κ3) is 3.15. The first-order chi connectivity index (χ1) is 7.36. The first kappa shape index (κ1) is 10.9. The second-order valence-electron chi connectivity index (χ2n) is 4.13. The highest BCUT2D eigenvalue weighted by Crippen LogP contribution is 2.05. The second-order valence-corrected chi connectivity index (χ2v) is 4.13. The van der Waals surface area contributed by atoms with Gasteiger partial charge in [-0.2, -0.15) is 0 Å². The molecule has 3 N–H and O–H groups in total. The number of carbonyl (C=O) groups excluding carboxylic acids is 1. The van der Waals surface area contributed by atoms with Crippen molar-refractivity contribution in [1.29, 1.82) is 0 Å². The molecule has 86 valence electrons. The monoisotopic (exact) mass is 213 g/mol. The number of amides is 1. The van der Waals surface area contributed by atoms with Crippen molar-refractivity contribution in [3.63, 3.8) is 0 Å². The van der Waals surface area contributed by atoms with E-state index in [9.17, 15) is 4.79 Å². The lowest BCUT2D eigenvalue weighted by atomic mass is 10.1. The molecule has 0 aromatic rings. The van der Waals surface area contributed by atoms with Crippen LogP contribution >= 0.6 is 0 Å². The van der Waals surface area contributed by atoms with Crippen LogP contribution in [0.4, 0.5) is 0 Å². The smallest absolute Gasteiger partial charge is 0.238 e. The van der Waals surface area contributed by atoms with Crippen molar-refractivity contribution in [2.45, 2.75) is 24.9 Å². The zero-order valence-corrected chi connectivity index (χ0v) is 8.92. The van der Waals surface area contributed by atoms with Crippen LogP contribution in [-0.2, 0) is 9.53 Å². The Bertz CT molecular complexity index is 211. The number of hydrogen-bond acceptors (Lipinski definition) is 4. The average Bonchev–Trinajstić information content (AvgIpc) is 2.31. The van der Waals surface area contributed by atoms with Gasteiger partial charge in [-0.1, -0.05) is 0 Å². The summed E-state index contributed by atoms with van der Waals surface area (Å²) in [6.45, 7) is 4.01. The average molecular weight is 213 g/mol. The quantitative estimate of drug-likeness (QED) is 0.541. The van der Waals surface area contributed by atoms with Crippen LogP contribution in [0.5, 0.6) is 0 Å². The van der Waals surface area contributed by atoms with Gasteiger partial charge in [-0.15, -0.1) is 0 Å². The van der Waals surface area contributed by atoms with E-state index in [0.717, 1.165) is 39.1 Å². The molecule has 0 saturated carbocycles. The summed E-state index contributed by atoms with van der Waals surface area (Å²) < 4.78 is 5.32. The van der Waals surface area contributed by atoms with Crippen LogP contribution in [0.3, 0.4) is 0 Å². The Labute approximate surface area is 89.9 Å². The van der Waals surface area contributed by atoms with Crippen LogP contribution in [0.1, 0.15) is 12.8 Å². The van der Waals surface area contributed by atoms with Gasteiger partial charge in [0.1, 0.15) is 0 Å². The molecular weight excluding hydrogens is 194 g/mol. The standard InChI is InChI=1S/C10H19N3O2/c14-10(9-6-11-3-4-12-9)13-8-2-1-5-15-7-8/h8-9,11-12H,1-7H2,(H,13,14). The molecule has 2 fully saturated rings. The zero-order chi connectivity index (χ0) is 10.5. The molecule has 0 spiro atoms. The summed E-state index contributed by atoms with van der Waals surface area (Å²) in [5, 5.41) is 9.41. The summed E-state index contributed by atoms with van der Waals surface area (Å²) in [5.74, 6) is 0.0951. The number of ether oxygens (including phenoxy) is 1. The summed E-state index contributed by atoms with van der Waals surface area (Å²) in [6, 6.07) is 0.121. The Morgan fingerprint density at radius 1 is 1.40 bits per heavy atom. The minimum atomic E-state index is -0.0827. The Morgan fingerprint density at radius 3 is 3.00 bits per heavy atom. The maximum absolute atomic E-state index is 11.8. The Kier molecular flexibility index (Phi) is 3.94. The highest BCUT2D eigenvalue weighted by Gasteiger charge is 2.23. The van der Waals surface area contributed by atoms with Gasteiger partial charge in [0.25, 0.3) is 0 Å². The lowest BCUT2D eigenvalue weighted by Gasteiger charge is -2.28. The van der Waals surface area contributed by atoms with Crippen molar-refractivity contribution in [2.24, 2.45) is 0 Å². The van der Waals surface area contributed by atoms with E-state index < -0.39 is 0 Å². The second kappa shape index (κ2) is 5.44. The van der Waals surface area contributed by atoms with Crippen LogP contribution in [0, 0.1) is 0 Å². The lowest BCUT2D eigenvalue weighted by Crippen LogP contribution is -2.57. The fourth-order valence-corrected chi connectivity index (χ4v) is 2.00. The summed E-state index contributed by atoms with van der Waals surface area (Å²) in [7, 11) is 0. The normalized spacial score (nSPS) is 32.3. The molecule has 2 atom stereocenters. The predicted molar refractivity (Wildman–Crippen MR) is 56.6 cm³/mol. The summed E-state index contributed by atoms with van der Waals surface area (Å²) >= 11 is 0. The van der Waals surface area contributed by atoms with E-state index >= 15 is 0 Å². The van der Waals surface area contributed by atoms with E-state index in [1.54, 1.807) is 0 Å². The van der Waals surface area contributed by atoms with Crippen LogP contribution in [-0.4, -0.2) is 50.8 Å². The van der Waals surface area contributed by atoms with Gasteiger partial charge < -0.3 is 20.7 Å². The highest BCUT2D eigenvalue weighted by molar-refractivity contribution is 5.82. The summed E-state index contributed by atoms with van der Waals surface area (Å²) in [4.78, 5) is 11.8. The van der Waals surface area contributed by atoms with Crippen molar-refractivity contribution >= 4 is 5.91 Å². The molecule has 2 rings (SSSR count). The van der Waals surface area contributed by atoms with Gasteiger partial charge in [0, 0.05) is 26.2 Å². The minimum Gasteiger partial charge on any atom is -0.379 e.